The highest BCUT2D eigenvalue weighted by molar-refractivity contribution is 6.44. The normalized spacial score (nSPS) is 21.5. The molecule has 0 heterocycles. The van der Waals surface area contributed by atoms with Crippen molar-refractivity contribution in [3.05, 3.63) is 33.3 Å². The molecule has 0 N–H and O–H groups in total. The van der Waals surface area contributed by atoms with Gasteiger partial charge in [-0.3, -0.25) is 14.5 Å². The highest BCUT2D eigenvalue weighted by Crippen LogP contribution is 2.58. The van der Waals surface area contributed by atoms with Crippen LogP contribution in [-0.4, -0.2) is 37.3 Å². The zero-order valence-electron chi connectivity index (χ0n) is 15.3. The van der Waals surface area contributed by atoms with E-state index in [0.717, 1.165) is 42.4 Å². The summed E-state index contributed by atoms with van der Waals surface area (Å²) in [6.45, 7) is 2.30. The van der Waals surface area contributed by atoms with Gasteiger partial charge in [0.2, 0.25) is 0 Å². The molecule has 0 unspecified atom stereocenters. The summed E-state index contributed by atoms with van der Waals surface area (Å²) in [7, 11) is 3.59. The fraction of sp³-hybridized carbons (Fsp3) is 0.500. The van der Waals surface area contributed by atoms with Crippen molar-refractivity contribution in [2.24, 2.45) is 5.41 Å². The molecule has 0 aliphatic heterocycles. The summed E-state index contributed by atoms with van der Waals surface area (Å²) in [5, 5.41) is 0.597. The van der Waals surface area contributed by atoms with E-state index < -0.39 is 0 Å². The average Bonchev–Trinajstić information content (AvgIpc) is 2.85. The molecule has 0 fully saturated rings. The van der Waals surface area contributed by atoms with Crippen LogP contribution in [0.3, 0.4) is 0 Å². The summed E-state index contributed by atoms with van der Waals surface area (Å²) in [5.41, 5.74) is 2.79. The molecule has 26 heavy (non-hydrogen) atoms. The topological polar surface area (TPSA) is 46.6 Å². The molecule has 0 spiro atoms. The quantitative estimate of drug-likeness (QED) is 0.541. The number of rotatable bonds is 5. The summed E-state index contributed by atoms with van der Waals surface area (Å²) in [4.78, 5) is 25.8. The van der Waals surface area contributed by atoms with Gasteiger partial charge in [-0.05, 0) is 56.6 Å². The van der Waals surface area contributed by atoms with E-state index in [4.69, 9.17) is 27.9 Å². The van der Waals surface area contributed by atoms with E-state index in [1.165, 1.54) is 0 Å². The number of likely N-dealkylation sites (N-methyl/N-ethyl adjacent to an activating group) is 1. The zero-order chi connectivity index (χ0) is 19.1. The lowest BCUT2D eigenvalue weighted by atomic mass is 9.70. The first-order chi connectivity index (χ1) is 12.3. The van der Waals surface area contributed by atoms with Crippen LogP contribution in [0.5, 0.6) is 5.75 Å². The molecule has 0 aromatic heterocycles. The number of halogens is 2. The maximum atomic E-state index is 12.0. The van der Waals surface area contributed by atoms with Crippen LogP contribution in [0.2, 0.25) is 10.0 Å². The fourth-order valence-corrected chi connectivity index (χ4v) is 4.67. The van der Waals surface area contributed by atoms with Crippen LogP contribution < -0.4 is 4.74 Å². The molecule has 1 aromatic carbocycles. The summed E-state index contributed by atoms with van der Waals surface area (Å²) in [6.07, 6.45) is 5.94. The Balaban J connectivity index is 2.04. The number of nitrogens with zero attached hydrogens (tertiary/aromatic N) is 1. The molecule has 0 amide bonds. The lowest BCUT2D eigenvalue weighted by Crippen LogP contribution is -2.25. The molecule has 2 aliphatic carbocycles. The van der Waals surface area contributed by atoms with E-state index in [1.807, 2.05) is 6.07 Å². The second kappa shape index (κ2) is 7.34. The average molecular weight is 396 g/mol. The molecule has 6 heteroatoms. The number of hydrogen-bond donors (Lipinski definition) is 0. The largest absolute Gasteiger partial charge is 0.424 e. The van der Waals surface area contributed by atoms with Crippen LogP contribution in [0.15, 0.2) is 12.1 Å². The number of hydrogen-bond acceptors (Lipinski definition) is 4. The van der Waals surface area contributed by atoms with Crippen molar-refractivity contribution in [1.29, 1.82) is 0 Å². The minimum absolute atomic E-state index is 0.0652. The summed E-state index contributed by atoms with van der Waals surface area (Å²) in [6, 6.07) is 1.82. The van der Waals surface area contributed by atoms with E-state index in [9.17, 15) is 9.59 Å². The molecule has 3 rings (SSSR count). The summed E-state index contributed by atoms with van der Waals surface area (Å²) in [5.74, 6) is 0.0359. The Morgan fingerprint density at radius 2 is 2.04 bits per heavy atom. The van der Waals surface area contributed by atoms with Gasteiger partial charge in [-0.1, -0.05) is 36.5 Å². The van der Waals surface area contributed by atoms with Gasteiger partial charge >= 0.3 is 5.97 Å². The minimum atomic E-state index is -0.388. The molecule has 4 nitrogen and oxygen atoms in total. The zero-order valence-corrected chi connectivity index (χ0v) is 16.8. The van der Waals surface area contributed by atoms with Crippen LogP contribution in [-0.2, 0) is 16.0 Å². The Morgan fingerprint density at radius 3 is 2.69 bits per heavy atom. The van der Waals surface area contributed by atoms with Crippen LogP contribution in [0, 0.1) is 5.41 Å². The van der Waals surface area contributed by atoms with Crippen molar-refractivity contribution < 1.29 is 14.3 Å². The molecule has 0 bridgehead atoms. The summed E-state index contributed by atoms with van der Waals surface area (Å²) < 4.78 is 5.45. The van der Waals surface area contributed by atoms with Crippen LogP contribution in [0.4, 0.5) is 0 Å². The van der Waals surface area contributed by atoms with Gasteiger partial charge in [0.15, 0.2) is 11.5 Å². The van der Waals surface area contributed by atoms with E-state index in [2.05, 4.69) is 6.92 Å². The number of carbonyl (C=O) groups is 2. The monoisotopic (exact) mass is 395 g/mol. The Bertz CT molecular complexity index is 801. The van der Waals surface area contributed by atoms with Crippen molar-refractivity contribution >= 4 is 40.5 Å². The Hall–Kier alpha value is -1.36. The SMILES string of the molecule is CCC[C@]12CCC(=O)C=C1c1c(cc(OC(=O)CN(C)C)c(Cl)c1Cl)C2. The Labute approximate surface area is 164 Å². The molecule has 2 aliphatic rings. The maximum Gasteiger partial charge on any atom is 0.325 e. The molecule has 0 radical (unpaired) electrons. The smallest absolute Gasteiger partial charge is 0.325 e. The molecular formula is C20H23Cl2NO3. The molecule has 1 atom stereocenters. The molecule has 0 saturated heterocycles. The van der Waals surface area contributed by atoms with Gasteiger partial charge in [0, 0.05) is 17.4 Å². The van der Waals surface area contributed by atoms with Gasteiger partial charge in [0.1, 0.15) is 5.02 Å². The number of ether oxygens (including phenoxy) is 1. The predicted molar refractivity (Wildman–Crippen MR) is 104 cm³/mol. The fourth-order valence-electron chi connectivity index (χ4n) is 4.17. The lowest BCUT2D eigenvalue weighted by molar-refractivity contribution is -0.135. The second-order valence-electron chi connectivity index (χ2n) is 7.48. The Morgan fingerprint density at radius 1 is 1.31 bits per heavy atom. The van der Waals surface area contributed by atoms with Crippen molar-refractivity contribution in [1.82, 2.24) is 4.90 Å². The van der Waals surface area contributed by atoms with Crippen molar-refractivity contribution in [3.8, 4) is 5.75 Å². The maximum absolute atomic E-state index is 12.0. The third kappa shape index (κ3) is 3.42. The first-order valence-electron chi connectivity index (χ1n) is 8.89. The lowest BCUT2D eigenvalue weighted by Gasteiger charge is -2.33. The van der Waals surface area contributed by atoms with Gasteiger partial charge in [-0.2, -0.15) is 0 Å². The van der Waals surface area contributed by atoms with Crippen LogP contribution in [0.1, 0.15) is 43.7 Å². The van der Waals surface area contributed by atoms with E-state index in [1.54, 1.807) is 25.1 Å². The third-order valence-corrected chi connectivity index (χ3v) is 6.03. The predicted octanol–water partition coefficient (Wildman–Crippen LogP) is 4.55. The number of fused-ring (bicyclic) bond motifs is 3. The van der Waals surface area contributed by atoms with Crippen molar-refractivity contribution in [2.75, 3.05) is 20.6 Å². The van der Waals surface area contributed by atoms with Gasteiger partial charge in [0.25, 0.3) is 0 Å². The van der Waals surface area contributed by atoms with E-state index in [0.29, 0.717) is 17.2 Å². The molecule has 0 saturated carbocycles. The molecule has 1 aromatic rings. The highest BCUT2D eigenvalue weighted by Gasteiger charge is 2.45. The Kier molecular flexibility index (Phi) is 5.48. The van der Waals surface area contributed by atoms with Gasteiger partial charge in [-0.15, -0.1) is 0 Å². The minimum Gasteiger partial charge on any atom is -0.424 e. The number of benzene rings is 1. The first kappa shape index (κ1) is 19.4. The van der Waals surface area contributed by atoms with Crippen LogP contribution in [0.25, 0.3) is 5.57 Å². The third-order valence-electron chi connectivity index (χ3n) is 5.18. The second-order valence-corrected chi connectivity index (χ2v) is 8.24. The van der Waals surface area contributed by atoms with Crippen molar-refractivity contribution in [3.63, 3.8) is 0 Å². The number of carbonyl (C=O) groups excluding carboxylic acids is 2. The van der Waals surface area contributed by atoms with Gasteiger partial charge < -0.3 is 4.74 Å². The van der Waals surface area contributed by atoms with E-state index >= 15 is 0 Å². The van der Waals surface area contributed by atoms with E-state index in [-0.39, 0.29) is 28.7 Å². The van der Waals surface area contributed by atoms with Crippen LogP contribution >= 0.6 is 23.2 Å². The van der Waals surface area contributed by atoms with Gasteiger partial charge in [-0.25, -0.2) is 0 Å². The molecule has 140 valence electrons. The number of ketones is 1. The first-order valence-corrected chi connectivity index (χ1v) is 9.64. The van der Waals surface area contributed by atoms with Crippen molar-refractivity contribution in [2.45, 2.75) is 39.0 Å². The number of esters is 1. The standard InChI is InChI=1S/C20H23Cl2NO3/c1-4-6-20-7-5-13(24)9-14(20)17-12(10-20)8-15(18(21)19(17)22)26-16(25)11-23(2)3/h8-9H,4-7,10-11H2,1-3H3/t20-/m1/s1. The molecular weight excluding hydrogens is 373 g/mol. The summed E-state index contributed by atoms with van der Waals surface area (Å²) >= 11 is 13.0. The number of allylic oxidation sites excluding steroid dienone is 2. The van der Waals surface area contributed by atoms with Gasteiger partial charge in [0.05, 0.1) is 11.6 Å². The highest BCUT2D eigenvalue weighted by atomic mass is 35.5.